The lowest BCUT2D eigenvalue weighted by Gasteiger charge is -2.12. The van der Waals surface area contributed by atoms with Crippen LogP contribution in [0.1, 0.15) is 26.2 Å². The van der Waals surface area contributed by atoms with Crippen LogP contribution in [0.15, 0.2) is 28.7 Å². The van der Waals surface area contributed by atoms with E-state index < -0.39 is 6.04 Å². The molecule has 3 N–H and O–H groups in total. The molecule has 1 aromatic carbocycles. The minimum atomic E-state index is -0.424. The van der Waals surface area contributed by atoms with Gasteiger partial charge in [0.05, 0.1) is 11.7 Å². The van der Waals surface area contributed by atoms with Crippen LogP contribution in [-0.2, 0) is 4.79 Å². The van der Waals surface area contributed by atoms with Crippen LogP contribution in [-0.4, -0.2) is 11.9 Å². The van der Waals surface area contributed by atoms with Crippen molar-refractivity contribution in [3.05, 3.63) is 28.7 Å². The van der Waals surface area contributed by atoms with Crippen molar-refractivity contribution in [2.45, 2.75) is 32.2 Å². The highest BCUT2D eigenvalue weighted by Gasteiger charge is 2.13. The van der Waals surface area contributed by atoms with Gasteiger partial charge in [0.15, 0.2) is 0 Å². The van der Waals surface area contributed by atoms with E-state index in [1.807, 2.05) is 24.3 Å². The first-order valence-electron chi connectivity index (χ1n) is 5.46. The number of nitrogens with one attached hydrogen (secondary N) is 1. The number of unbranched alkanes of at least 4 members (excludes halogenated alkanes) is 1. The van der Waals surface area contributed by atoms with Gasteiger partial charge in [-0.3, -0.25) is 4.79 Å². The number of amides is 1. The third kappa shape index (κ3) is 3.94. The Labute approximate surface area is 105 Å². The van der Waals surface area contributed by atoms with Crippen LogP contribution in [0.25, 0.3) is 0 Å². The zero-order valence-corrected chi connectivity index (χ0v) is 11.0. The number of para-hydroxylation sites is 1. The normalized spacial score (nSPS) is 12.2. The van der Waals surface area contributed by atoms with E-state index in [1.54, 1.807) is 0 Å². The van der Waals surface area contributed by atoms with Gasteiger partial charge in [0.1, 0.15) is 0 Å². The van der Waals surface area contributed by atoms with Crippen molar-refractivity contribution in [2.24, 2.45) is 5.73 Å². The molecule has 0 aliphatic rings. The molecule has 0 aliphatic heterocycles. The van der Waals surface area contributed by atoms with Crippen LogP contribution >= 0.6 is 15.9 Å². The quantitative estimate of drug-likeness (QED) is 0.874. The zero-order valence-electron chi connectivity index (χ0n) is 9.37. The molecule has 0 radical (unpaired) electrons. The number of carbonyl (C=O) groups excluding carboxylic acids is 1. The molecule has 0 aromatic heterocycles. The summed E-state index contributed by atoms with van der Waals surface area (Å²) in [6.07, 6.45) is 2.76. The van der Waals surface area contributed by atoms with E-state index in [2.05, 4.69) is 28.2 Å². The molecule has 0 saturated carbocycles. The highest BCUT2D eigenvalue weighted by molar-refractivity contribution is 9.10. The summed E-state index contributed by atoms with van der Waals surface area (Å²) in [6.45, 7) is 2.08. The maximum absolute atomic E-state index is 11.7. The van der Waals surface area contributed by atoms with Crippen molar-refractivity contribution in [3.63, 3.8) is 0 Å². The molecular weight excluding hydrogens is 268 g/mol. The van der Waals surface area contributed by atoms with Crippen LogP contribution in [0.3, 0.4) is 0 Å². The van der Waals surface area contributed by atoms with Gasteiger partial charge in [-0.2, -0.15) is 0 Å². The molecule has 1 atom stereocenters. The first-order chi connectivity index (χ1) is 7.65. The molecule has 0 fully saturated rings. The molecule has 1 aromatic rings. The third-order valence-corrected chi connectivity index (χ3v) is 3.03. The number of anilines is 1. The molecule has 1 amide bonds. The SMILES string of the molecule is CCCC[C@H](N)C(=O)Nc1ccccc1Br. The first-order valence-corrected chi connectivity index (χ1v) is 6.25. The van der Waals surface area contributed by atoms with Gasteiger partial charge < -0.3 is 11.1 Å². The van der Waals surface area contributed by atoms with Crippen LogP contribution in [0.2, 0.25) is 0 Å². The van der Waals surface area contributed by atoms with Gasteiger partial charge >= 0.3 is 0 Å². The molecule has 1 rings (SSSR count). The van der Waals surface area contributed by atoms with Gasteiger partial charge in [-0.1, -0.05) is 31.9 Å². The summed E-state index contributed by atoms with van der Waals surface area (Å²) in [4.78, 5) is 11.7. The number of benzene rings is 1. The minimum absolute atomic E-state index is 0.125. The average molecular weight is 285 g/mol. The van der Waals surface area contributed by atoms with Gasteiger partial charge in [-0.25, -0.2) is 0 Å². The number of rotatable bonds is 5. The van der Waals surface area contributed by atoms with Crippen LogP contribution < -0.4 is 11.1 Å². The van der Waals surface area contributed by atoms with Crippen molar-refractivity contribution in [1.29, 1.82) is 0 Å². The predicted octanol–water partition coefficient (Wildman–Crippen LogP) is 2.91. The molecule has 16 heavy (non-hydrogen) atoms. The molecule has 3 nitrogen and oxygen atoms in total. The summed E-state index contributed by atoms with van der Waals surface area (Å²) in [5.74, 6) is -0.125. The second-order valence-electron chi connectivity index (χ2n) is 3.72. The maximum Gasteiger partial charge on any atom is 0.241 e. The van der Waals surface area contributed by atoms with Gasteiger partial charge in [-0.05, 0) is 34.5 Å². The van der Waals surface area contributed by atoms with E-state index >= 15 is 0 Å². The van der Waals surface area contributed by atoms with Crippen molar-refractivity contribution in [1.82, 2.24) is 0 Å². The molecule has 0 saturated heterocycles. The van der Waals surface area contributed by atoms with E-state index in [0.29, 0.717) is 0 Å². The molecule has 4 heteroatoms. The molecule has 0 bridgehead atoms. The molecule has 0 spiro atoms. The predicted molar refractivity (Wildman–Crippen MR) is 70.3 cm³/mol. The van der Waals surface area contributed by atoms with E-state index in [9.17, 15) is 4.79 Å². The molecule has 88 valence electrons. The second kappa shape index (κ2) is 6.66. The van der Waals surface area contributed by atoms with Crippen LogP contribution in [0.4, 0.5) is 5.69 Å². The highest BCUT2D eigenvalue weighted by Crippen LogP contribution is 2.21. The molecule has 0 aliphatic carbocycles. The Bertz CT molecular complexity index is 355. The van der Waals surface area contributed by atoms with Crippen molar-refractivity contribution in [3.8, 4) is 0 Å². The standard InChI is InChI=1S/C12H17BrN2O/c1-2-3-7-10(14)12(16)15-11-8-5-4-6-9(11)13/h4-6,8,10H,2-3,7,14H2,1H3,(H,15,16)/t10-/m0/s1. The van der Waals surface area contributed by atoms with E-state index in [1.165, 1.54) is 0 Å². The monoisotopic (exact) mass is 284 g/mol. The second-order valence-corrected chi connectivity index (χ2v) is 4.57. The molecule has 0 heterocycles. The largest absolute Gasteiger partial charge is 0.324 e. The Morgan fingerprint density at radius 1 is 1.50 bits per heavy atom. The number of halogens is 1. The summed E-state index contributed by atoms with van der Waals surface area (Å²) in [7, 11) is 0. The maximum atomic E-state index is 11.7. The van der Waals surface area contributed by atoms with Gasteiger partial charge in [-0.15, -0.1) is 0 Å². The first kappa shape index (κ1) is 13.2. The van der Waals surface area contributed by atoms with E-state index in [4.69, 9.17) is 5.73 Å². The molecular formula is C12H17BrN2O. The number of hydrogen-bond acceptors (Lipinski definition) is 2. The van der Waals surface area contributed by atoms with Crippen molar-refractivity contribution in [2.75, 3.05) is 5.32 Å². The lowest BCUT2D eigenvalue weighted by Crippen LogP contribution is -2.35. The van der Waals surface area contributed by atoms with Gasteiger partial charge in [0.25, 0.3) is 0 Å². The fraction of sp³-hybridized carbons (Fsp3) is 0.417. The highest BCUT2D eigenvalue weighted by atomic mass is 79.9. The third-order valence-electron chi connectivity index (χ3n) is 2.34. The minimum Gasteiger partial charge on any atom is -0.324 e. The van der Waals surface area contributed by atoms with Gasteiger partial charge in [0.2, 0.25) is 5.91 Å². The Hall–Kier alpha value is -0.870. The summed E-state index contributed by atoms with van der Waals surface area (Å²) < 4.78 is 0.867. The van der Waals surface area contributed by atoms with Crippen molar-refractivity contribution >= 4 is 27.5 Å². The fourth-order valence-corrected chi connectivity index (χ4v) is 1.73. The summed E-state index contributed by atoms with van der Waals surface area (Å²) in [5.41, 5.74) is 6.54. The summed E-state index contributed by atoms with van der Waals surface area (Å²) in [5, 5.41) is 2.81. The Balaban J connectivity index is 2.54. The number of hydrogen-bond donors (Lipinski definition) is 2. The van der Waals surface area contributed by atoms with Gasteiger partial charge in [0, 0.05) is 4.47 Å². The lowest BCUT2D eigenvalue weighted by molar-refractivity contribution is -0.117. The molecule has 0 unspecified atom stereocenters. The lowest BCUT2D eigenvalue weighted by atomic mass is 10.1. The van der Waals surface area contributed by atoms with E-state index in [-0.39, 0.29) is 5.91 Å². The zero-order chi connectivity index (χ0) is 12.0. The Morgan fingerprint density at radius 2 is 2.19 bits per heavy atom. The summed E-state index contributed by atoms with van der Waals surface area (Å²) >= 11 is 3.37. The number of nitrogens with two attached hydrogens (primary N) is 1. The number of carbonyl (C=O) groups is 1. The topological polar surface area (TPSA) is 55.1 Å². The smallest absolute Gasteiger partial charge is 0.241 e. The Kier molecular flexibility index (Phi) is 5.49. The van der Waals surface area contributed by atoms with Crippen molar-refractivity contribution < 1.29 is 4.79 Å². The van der Waals surface area contributed by atoms with Crippen LogP contribution in [0, 0.1) is 0 Å². The average Bonchev–Trinajstić information content (AvgIpc) is 2.28. The van der Waals surface area contributed by atoms with Crippen LogP contribution in [0.5, 0.6) is 0 Å². The Morgan fingerprint density at radius 3 is 2.81 bits per heavy atom. The summed E-state index contributed by atoms with van der Waals surface area (Å²) in [6, 6.07) is 7.07. The van der Waals surface area contributed by atoms with E-state index in [0.717, 1.165) is 29.4 Å². The fourth-order valence-electron chi connectivity index (χ4n) is 1.34.